The zero-order chi connectivity index (χ0) is 11.4. The quantitative estimate of drug-likeness (QED) is 0.778. The minimum absolute atomic E-state index is 0.527. The summed E-state index contributed by atoms with van der Waals surface area (Å²) in [6, 6.07) is 3.67. The van der Waals surface area contributed by atoms with Crippen LogP contribution < -0.4 is 11.1 Å². The molecule has 0 aliphatic carbocycles. The van der Waals surface area contributed by atoms with Gasteiger partial charge in [-0.3, -0.25) is 0 Å². The van der Waals surface area contributed by atoms with E-state index in [4.69, 9.17) is 5.73 Å². The molecule has 0 aromatic carbocycles. The highest BCUT2D eigenvalue weighted by molar-refractivity contribution is 5.45. The summed E-state index contributed by atoms with van der Waals surface area (Å²) in [5, 5.41) is 11.1. The maximum atomic E-state index is 5.49. The molecule has 6 nitrogen and oxygen atoms in total. The van der Waals surface area contributed by atoms with Crippen LogP contribution >= 0.6 is 0 Å². The molecule has 0 unspecified atom stereocenters. The first kappa shape index (κ1) is 10.4. The van der Waals surface area contributed by atoms with Gasteiger partial charge in [0.05, 0.1) is 11.9 Å². The van der Waals surface area contributed by atoms with Crippen LogP contribution in [0.5, 0.6) is 0 Å². The van der Waals surface area contributed by atoms with Crippen LogP contribution in [0.2, 0.25) is 0 Å². The van der Waals surface area contributed by atoms with Gasteiger partial charge in [0.25, 0.3) is 0 Å². The van der Waals surface area contributed by atoms with E-state index in [1.54, 1.807) is 18.6 Å². The van der Waals surface area contributed by atoms with E-state index in [-0.39, 0.29) is 0 Å². The maximum Gasteiger partial charge on any atom is 0.134 e. The molecule has 2 aromatic heterocycles. The van der Waals surface area contributed by atoms with Crippen molar-refractivity contribution < 1.29 is 0 Å². The van der Waals surface area contributed by atoms with E-state index >= 15 is 0 Å². The molecule has 16 heavy (non-hydrogen) atoms. The first-order valence-corrected chi connectivity index (χ1v) is 5.04. The molecule has 0 aliphatic heterocycles. The molecular formula is C10H14N6. The number of nitrogen functional groups attached to an aromatic ring is 1. The molecule has 2 heterocycles. The summed E-state index contributed by atoms with van der Waals surface area (Å²) in [5.74, 6) is 1.48. The minimum Gasteiger partial charge on any atom is -0.384 e. The zero-order valence-corrected chi connectivity index (χ0v) is 9.09. The fourth-order valence-corrected chi connectivity index (χ4v) is 1.36. The first-order chi connectivity index (χ1) is 7.75. The van der Waals surface area contributed by atoms with Crippen molar-refractivity contribution in [3.63, 3.8) is 0 Å². The standard InChI is InChI=1S/C10H14N6/c1-16-7-14-15-10(16)4-5-12-8-2-3-9(11)13-6-8/h2-3,6-7,12H,4-5H2,1H3,(H2,11,13). The minimum atomic E-state index is 0.527. The highest BCUT2D eigenvalue weighted by Gasteiger charge is 1.99. The van der Waals surface area contributed by atoms with E-state index in [1.807, 2.05) is 17.7 Å². The Balaban J connectivity index is 1.84. The van der Waals surface area contributed by atoms with E-state index in [0.29, 0.717) is 5.82 Å². The van der Waals surface area contributed by atoms with Crippen molar-refractivity contribution in [2.45, 2.75) is 6.42 Å². The molecular weight excluding hydrogens is 204 g/mol. The van der Waals surface area contributed by atoms with Crippen LogP contribution in [-0.2, 0) is 13.5 Å². The zero-order valence-electron chi connectivity index (χ0n) is 9.09. The van der Waals surface area contributed by atoms with Crippen molar-refractivity contribution in [3.8, 4) is 0 Å². The van der Waals surface area contributed by atoms with Crippen molar-refractivity contribution in [2.75, 3.05) is 17.6 Å². The van der Waals surface area contributed by atoms with E-state index in [1.165, 1.54) is 0 Å². The van der Waals surface area contributed by atoms with Gasteiger partial charge in [-0.25, -0.2) is 4.98 Å². The van der Waals surface area contributed by atoms with Gasteiger partial charge in [-0.15, -0.1) is 10.2 Å². The summed E-state index contributed by atoms with van der Waals surface area (Å²) in [7, 11) is 1.93. The molecule has 84 valence electrons. The van der Waals surface area contributed by atoms with Gasteiger partial charge >= 0.3 is 0 Å². The number of pyridine rings is 1. The van der Waals surface area contributed by atoms with Crippen LogP contribution in [0.3, 0.4) is 0 Å². The SMILES string of the molecule is Cn1cnnc1CCNc1ccc(N)nc1. The number of aryl methyl sites for hydroxylation is 1. The number of hydrogen-bond donors (Lipinski definition) is 2. The first-order valence-electron chi connectivity index (χ1n) is 5.04. The molecule has 0 bridgehead atoms. The predicted molar refractivity (Wildman–Crippen MR) is 61.8 cm³/mol. The third kappa shape index (κ3) is 2.47. The lowest BCUT2D eigenvalue weighted by Gasteiger charge is -2.05. The van der Waals surface area contributed by atoms with E-state index in [2.05, 4.69) is 20.5 Å². The van der Waals surface area contributed by atoms with Crippen molar-refractivity contribution in [1.29, 1.82) is 0 Å². The number of nitrogens with one attached hydrogen (secondary N) is 1. The molecule has 0 saturated carbocycles. The van der Waals surface area contributed by atoms with E-state index < -0.39 is 0 Å². The number of nitrogens with zero attached hydrogens (tertiary/aromatic N) is 4. The molecule has 0 radical (unpaired) electrons. The summed E-state index contributed by atoms with van der Waals surface area (Å²) < 4.78 is 1.91. The summed E-state index contributed by atoms with van der Waals surface area (Å²) in [6.07, 6.45) is 4.23. The molecule has 0 saturated heterocycles. The van der Waals surface area contributed by atoms with Gasteiger partial charge < -0.3 is 15.6 Å². The smallest absolute Gasteiger partial charge is 0.134 e. The van der Waals surface area contributed by atoms with E-state index in [0.717, 1.165) is 24.5 Å². The van der Waals surface area contributed by atoms with Gasteiger partial charge in [0.15, 0.2) is 0 Å². The van der Waals surface area contributed by atoms with Crippen molar-refractivity contribution >= 4 is 11.5 Å². The van der Waals surface area contributed by atoms with Gasteiger partial charge in [0.1, 0.15) is 18.0 Å². The van der Waals surface area contributed by atoms with Crippen molar-refractivity contribution in [3.05, 3.63) is 30.5 Å². The van der Waals surface area contributed by atoms with Gasteiger partial charge in [-0.05, 0) is 12.1 Å². The summed E-state index contributed by atoms with van der Waals surface area (Å²) in [6.45, 7) is 0.790. The van der Waals surface area contributed by atoms with Gasteiger partial charge in [-0.2, -0.15) is 0 Å². The van der Waals surface area contributed by atoms with Crippen LogP contribution in [0, 0.1) is 0 Å². The molecule has 2 aromatic rings. The molecule has 0 aliphatic rings. The van der Waals surface area contributed by atoms with Gasteiger partial charge in [0.2, 0.25) is 0 Å². The highest BCUT2D eigenvalue weighted by Crippen LogP contribution is 2.06. The van der Waals surface area contributed by atoms with Gasteiger partial charge in [-0.1, -0.05) is 0 Å². The normalized spacial score (nSPS) is 10.3. The molecule has 0 amide bonds. The lowest BCUT2D eigenvalue weighted by molar-refractivity contribution is 0.788. The second-order valence-corrected chi connectivity index (χ2v) is 3.51. The maximum absolute atomic E-state index is 5.49. The second-order valence-electron chi connectivity index (χ2n) is 3.51. The topological polar surface area (TPSA) is 81.7 Å². The molecule has 0 fully saturated rings. The van der Waals surface area contributed by atoms with E-state index in [9.17, 15) is 0 Å². The Morgan fingerprint density at radius 1 is 1.44 bits per heavy atom. The Hall–Kier alpha value is -2.11. The van der Waals surface area contributed by atoms with Crippen LogP contribution in [0.4, 0.5) is 11.5 Å². The Labute approximate surface area is 93.5 Å². The number of rotatable bonds is 4. The van der Waals surface area contributed by atoms with Crippen LogP contribution in [0.25, 0.3) is 0 Å². The summed E-state index contributed by atoms with van der Waals surface area (Å²) >= 11 is 0. The lowest BCUT2D eigenvalue weighted by atomic mass is 10.3. The predicted octanol–water partition coefficient (Wildman–Crippen LogP) is 0.447. The Bertz CT molecular complexity index is 447. The Kier molecular flexibility index (Phi) is 3.00. The van der Waals surface area contributed by atoms with Crippen LogP contribution in [0.15, 0.2) is 24.7 Å². The fourth-order valence-electron chi connectivity index (χ4n) is 1.36. The fraction of sp³-hybridized carbons (Fsp3) is 0.300. The second kappa shape index (κ2) is 4.61. The average Bonchev–Trinajstić information content (AvgIpc) is 2.68. The van der Waals surface area contributed by atoms with Crippen molar-refractivity contribution in [2.24, 2.45) is 7.05 Å². The third-order valence-corrected chi connectivity index (χ3v) is 2.27. The van der Waals surface area contributed by atoms with Gasteiger partial charge in [0, 0.05) is 20.0 Å². The Morgan fingerprint density at radius 3 is 2.94 bits per heavy atom. The number of anilines is 2. The highest BCUT2D eigenvalue weighted by atomic mass is 15.2. The number of aromatic nitrogens is 4. The Morgan fingerprint density at radius 2 is 2.31 bits per heavy atom. The lowest BCUT2D eigenvalue weighted by Crippen LogP contribution is -2.08. The number of hydrogen-bond acceptors (Lipinski definition) is 5. The molecule has 3 N–H and O–H groups in total. The number of nitrogens with two attached hydrogens (primary N) is 1. The summed E-state index contributed by atoms with van der Waals surface area (Å²) in [4.78, 5) is 3.99. The van der Waals surface area contributed by atoms with Crippen LogP contribution in [0.1, 0.15) is 5.82 Å². The summed E-state index contributed by atoms with van der Waals surface area (Å²) in [5.41, 5.74) is 6.45. The molecule has 6 heteroatoms. The third-order valence-electron chi connectivity index (χ3n) is 2.27. The van der Waals surface area contributed by atoms with Crippen LogP contribution in [-0.4, -0.2) is 26.3 Å². The van der Waals surface area contributed by atoms with Crippen molar-refractivity contribution in [1.82, 2.24) is 19.7 Å². The largest absolute Gasteiger partial charge is 0.384 e. The monoisotopic (exact) mass is 218 g/mol. The molecule has 0 spiro atoms. The molecule has 2 rings (SSSR count). The average molecular weight is 218 g/mol. The molecule has 0 atom stereocenters.